The summed E-state index contributed by atoms with van der Waals surface area (Å²) in [6.07, 6.45) is 6.84. The molecule has 0 saturated heterocycles. The van der Waals surface area contributed by atoms with Crippen LogP contribution in [0.5, 0.6) is 0 Å². The summed E-state index contributed by atoms with van der Waals surface area (Å²) in [6, 6.07) is 9.02. The maximum atomic E-state index is 12.4. The van der Waals surface area contributed by atoms with Gasteiger partial charge in [-0.05, 0) is 56.3 Å². The number of benzene rings is 1. The molecule has 31 heavy (non-hydrogen) atoms. The highest BCUT2D eigenvalue weighted by Crippen LogP contribution is 2.55. The third-order valence-corrected chi connectivity index (χ3v) is 7.63. The van der Waals surface area contributed by atoms with Gasteiger partial charge in [-0.3, -0.25) is 10.1 Å². The lowest BCUT2D eigenvalue weighted by molar-refractivity contribution is -0.123. The maximum absolute atomic E-state index is 12.4. The van der Waals surface area contributed by atoms with Crippen molar-refractivity contribution in [3.05, 3.63) is 41.4 Å². The highest BCUT2D eigenvalue weighted by atomic mass is 32.1. The number of thiazole rings is 1. The second-order valence-electron chi connectivity index (χ2n) is 9.18. The molecule has 8 heteroatoms. The van der Waals surface area contributed by atoms with Crippen molar-refractivity contribution in [2.75, 3.05) is 6.61 Å². The van der Waals surface area contributed by atoms with Crippen LogP contribution in [-0.4, -0.2) is 35.0 Å². The molecule has 0 radical (unpaired) electrons. The molecule has 2 aromatic rings. The number of carbonyl (C=O) groups excluding carboxylic acids is 3. The van der Waals surface area contributed by atoms with E-state index in [0.717, 1.165) is 24.8 Å². The molecular weight excluding hydrogens is 414 g/mol. The summed E-state index contributed by atoms with van der Waals surface area (Å²) >= 11 is 1.33. The molecule has 1 aromatic heterocycles. The van der Waals surface area contributed by atoms with E-state index in [2.05, 4.69) is 15.6 Å². The first-order valence-corrected chi connectivity index (χ1v) is 11.7. The van der Waals surface area contributed by atoms with E-state index in [1.165, 1.54) is 30.6 Å². The molecule has 1 heterocycles. The molecule has 0 spiro atoms. The minimum atomic E-state index is -0.685. The fourth-order valence-electron chi connectivity index (χ4n) is 5.98. The second-order valence-corrected chi connectivity index (χ2v) is 10.0. The first kappa shape index (κ1) is 20.2. The third kappa shape index (κ3) is 4.35. The Morgan fingerprint density at radius 3 is 2.32 bits per heavy atom. The van der Waals surface area contributed by atoms with Crippen molar-refractivity contribution in [3.8, 4) is 10.6 Å². The number of nitrogens with zero attached hydrogens (tertiary/aromatic N) is 1. The first-order valence-electron chi connectivity index (χ1n) is 10.8. The van der Waals surface area contributed by atoms with Crippen LogP contribution in [0.2, 0.25) is 0 Å². The van der Waals surface area contributed by atoms with E-state index in [9.17, 15) is 14.4 Å². The van der Waals surface area contributed by atoms with Crippen molar-refractivity contribution in [3.63, 3.8) is 0 Å². The van der Waals surface area contributed by atoms with Gasteiger partial charge < -0.3 is 10.1 Å². The lowest BCUT2D eigenvalue weighted by Gasteiger charge is -2.56. The van der Waals surface area contributed by atoms with Crippen LogP contribution < -0.4 is 10.6 Å². The van der Waals surface area contributed by atoms with Gasteiger partial charge in [0.15, 0.2) is 12.3 Å². The van der Waals surface area contributed by atoms with Gasteiger partial charge in [0, 0.05) is 16.5 Å². The molecule has 4 saturated carbocycles. The van der Waals surface area contributed by atoms with Gasteiger partial charge in [0.05, 0.1) is 0 Å². The van der Waals surface area contributed by atoms with Crippen molar-refractivity contribution < 1.29 is 19.1 Å². The third-order valence-electron chi connectivity index (χ3n) is 6.74. The molecule has 4 fully saturated rings. The Kier molecular flexibility index (Phi) is 5.25. The Labute approximate surface area is 184 Å². The van der Waals surface area contributed by atoms with Gasteiger partial charge in [0.25, 0.3) is 5.91 Å². The molecule has 4 aliphatic carbocycles. The zero-order valence-electron chi connectivity index (χ0n) is 17.1. The lowest BCUT2D eigenvalue weighted by Crippen LogP contribution is -2.62. The standard InChI is InChI=1S/C23H25N3O4S/c27-19(12-30-21(28)18-13-31-20(24-18)17-4-2-1-3-5-17)25-22(29)26-23-9-14-6-15(10-23)8-16(7-14)11-23/h1-5,13-16H,6-12H2,(H2,25,26,27,29). The summed E-state index contributed by atoms with van der Waals surface area (Å²) in [5, 5.41) is 7.68. The molecule has 1 aromatic carbocycles. The number of carbonyl (C=O) groups is 3. The Morgan fingerprint density at radius 2 is 1.68 bits per heavy atom. The summed E-state index contributed by atoms with van der Waals surface area (Å²) in [6.45, 7) is -0.522. The van der Waals surface area contributed by atoms with E-state index < -0.39 is 24.5 Å². The van der Waals surface area contributed by atoms with Gasteiger partial charge in [0.2, 0.25) is 0 Å². The Hall–Kier alpha value is -2.74. The van der Waals surface area contributed by atoms with Gasteiger partial charge in [0.1, 0.15) is 5.01 Å². The monoisotopic (exact) mass is 439 g/mol. The number of urea groups is 1. The zero-order chi connectivity index (χ0) is 21.4. The summed E-state index contributed by atoms with van der Waals surface area (Å²) in [5.41, 5.74) is 0.879. The summed E-state index contributed by atoms with van der Waals surface area (Å²) in [5.74, 6) is 0.760. The molecule has 3 amide bonds. The molecule has 4 bridgehead atoms. The van der Waals surface area contributed by atoms with E-state index in [0.29, 0.717) is 22.8 Å². The molecular formula is C23H25N3O4S. The lowest BCUT2D eigenvalue weighted by atomic mass is 9.53. The number of rotatable bonds is 5. The molecule has 0 unspecified atom stereocenters. The van der Waals surface area contributed by atoms with E-state index in [-0.39, 0.29) is 11.2 Å². The summed E-state index contributed by atoms with van der Waals surface area (Å²) < 4.78 is 5.05. The van der Waals surface area contributed by atoms with Crippen LogP contribution in [0.1, 0.15) is 49.0 Å². The van der Waals surface area contributed by atoms with Crippen LogP contribution in [0.15, 0.2) is 35.7 Å². The zero-order valence-corrected chi connectivity index (χ0v) is 18.0. The van der Waals surface area contributed by atoms with Crippen molar-refractivity contribution >= 4 is 29.2 Å². The maximum Gasteiger partial charge on any atom is 0.358 e. The van der Waals surface area contributed by atoms with E-state index in [4.69, 9.17) is 4.74 Å². The predicted octanol–water partition coefficient (Wildman–Crippen LogP) is 3.76. The number of aromatic nitrogens is 1. The number of esters is 1. The SMILES string of the molecule is O=C(COC(=O)c1csc(-c2ccccc2)n1)NC(=O)NC12CC3CC(CC(C3)C1)C2. The predicted molar refractivity (Wildman–Crippen MR) is 115 cm³/mol. The fraction of sp³-hybridized carbons (Fsp3) is 0.478. The first-order chi connectivity index (χ1) is 15.0. The number of hydrogen-bond acceptors (Lipinski definition) is 6. The minimum absolute atomic E-state index is 0.148. The van der Waals surface area contributed by atoms with Crippen LogP contribution in [0.25, 0.3) is 10.6 Å². The van der Waals surface area contributed by atoms with E-state index in [1.54, 1.807) is 5.38 Å². The molecule has 7 nitrogen and oxygen atoms in total. The van der Waals surface area contributed by atoms with Crippen molar-refractivity contribution in [2.45, 2.75) is 44.1 Å². The van der Waals surface area contributed by atoms with Gasteiger partial charge >= 0.3 is 12.0 Å². The summed E-state index contributed by atoms with van der Waals surface area (Å²) in [4.78, 5) is 41.0. The number of ether oxygens (including phenoxy) is 1. The Balaban J connectivity index is 1.11. The van der Waals surface area contributed by atoms with Crippen molar-refractivity contribution in [1.29, 1.82) is 0 Å². The largest absolute Gasteiger partial charge is 0.451 e. The van der Waals surface area contributed by atoms with Crippen LogP contribution in [0.3, 0.4) is 0 Å². The van der Waals surface area contributed by atoms with Crippen LogP contribution in [0.4, 0.5) is 4.79 Å². The molecule has 0 aliphatic heterocycles. The number of imide groups is 1. The van der Waals surface area contributed by atoms with Crippen LogP contribution >= 0.6 is 11.3 Å². The average Bonchev–Trinajstić information content (AvgIpc) is 3.21. The van der Waals surface area contributed by atoms with Gasteiger partial charge in [-0.15, -0.1) is 11.3 Å². The summed E-state index contributed by atoms with van der Waals surface area (Å²) in [7, 11) is 0. The minimum Gasteiger partial charge on any atom is -0.451 e. The fourth-order valence-corrected chi connectivity index (χ4v) is 6.78. The van der Waals surface area contributed by atoms with Crippen molar-refractivity contribution in [2.24, 2.45) is 17.8 Å². The molecule has 2 N–H and O–H groups in total. The highest BCUT2D eigenvalue weighted by Gasteiger charge is 2.51. The molecule has 4 aliphatic rings. The topological polar surface area (TPSA) is 97.4 Å². The second kappa shape index (κ2) is 8.07. The van der Waals surface area contributed by atoms with Gasteiger partial charge in [-0.25, -0.2) is 14.6 Å². The van der Waals surface area contributed by atoms with Crippen LogP contribution in [0, 0.1) is 17.8 Å². The Morgan fingerprint density at radius 1 is 1.03 bits per heavy atom. The smallest absolute Gasteiger partial charge is 0.358 e. The number of amides is 3. The van der Waals surface area contributed by atoms with Gasteiger partial charge in [-0.1, -0.05) is 30.3 Å². The molecule has 6 rings (SSSR count). The molecule has 0 atom stereocenters. The number of hydrogen-bond donors (Lipinski definition) is 2. The van der Waals surface area contributed by atoms with Crippen LogP contribution in [-0.2, 0) is 9.53 Å². The number of nitrogens with one attached hydrogen (secondary N) is 2. The molecule has 162 valence electrons. The quantitative estimate of drug-likeness (QED) is 0.692. The van der Waals surface area contributed by atoms with E-state index in [1.807, 2.05) is 30.3 Å². The normalized spacial score (nSPS) is 28.2. The van der Waals surface area contributed by atoms with E-state index >= 15 is 0 Å². The Bertz CT molecular complexity index is 968. The average molecular weight is 440 g/mol. The highest BCUT2D eigenvalue weighted by molar-refractivity contribution is 7.13. The van der Waals surface area contributed by atoms with Crippen molar-refractivity contribution in [1.82, 2.24) is 15.6 Å². The van der Waals surface area contributed by atoms with Gasteiger partial charge in [-0.2, -0.15) is 0 Å².